The largest absolute Gasteiger partial charge is 0.262 e. The van der Waals surface area contributed by atoms with Crippen molar-refractivity contribution >= 4 is 11.8 Å². The molecular formula is C12H13N3S. The third-order valence-corrected chi connectivity index (χ3v) is 4.16. The summed E-state index contributed by atoms with van der Waals surface area (Å²) in [5.41, 5.74) is 1.08. The molecule has 2 aromatic rings. The summed E-state index contributed by atoms with van der Waals surface area (Å²) in [5, 5.41) is 7.86. The van der Waals surface area contributed by atoms with Gasteiger partial charge >= 0.3 is 0 Å². The summed E-state index contributed by atoms with van der Waals surface area (Å²) in [5.74, 6) is 3.08. The van der Waals surface area contributed by atoms with Gasteiger partial charge in [0.25, 0.3) is 0 Å². The van der Waals surface area contributed by atoms with Crippen molar-refractivity contribution in [2.45, 2.75) is 18.1 Å². The van der Waals surface area contributed by atoms with Crippen molar-refractivity contribution < 1.29 is 0 Å². The maximum Gasteiger partial charge on any atom is 0.181 e. The molecular weight excluding hydrogens is 218 g/mol. The van der Waals surface area contributed by atoms with E-state index in [0.717, 1.165) is 17.2 Å². The van der Waals surface area contributed by atoms with Crippen molar-refractivity contribution in [1.29, 1.82) is 0 Å². The number of H-pyrrole nitrogens is 1. The average molecular weight is 231 g/mol. The standard InChI is InChI=1S/C12H13N3S/c1-2-5-9(6-3-1)11-13-12(15-14-11)10-7-4-8-16-10/h1-3,5-6,10H,4,7-8H2,(H,13,14,15). The highest BCUT2D eigenvalue weighted by molar-refractivity contribution is 7.99. The molecule has 2 heterocycles. The second kappa shape index (κ2) is 4.29. The molecule has 3 rings (SSSR count). The third kappa shape index (κ3) is 1.85. The highest BCUT2D eigenvalue weighted by atomic mass is 32.2. The maximum absolute atomic E-state index is 4.58. The van der Waals surface area contributed by atoms with E-state index in [4.69, 9.17) is 0 Å². The Bertz CT molecular complexity index is 460. The van der Waals surface area contributed by atoms with Crippen molar-refractivity contribution in [3.05, 3.63) is 36.2 Å². The highest BCUT2D eigenvalue weighted by Gasteiger charge is 2.21. The predicted molar refractivity (Wildman–Crippen MR) is 66.3 cm³/mol. The number of hydrogen-bond acceptors (Lipinski definition) is 3. The van der Waals surface area contributed by atoms with E-state index < -0.39 is 0 Å². The normalized spacial score (nSPS) is 20.1. The number of hydrogen-bond donors (Lipinski definition) is 1. The van der Waals surface area contributed by atoms with Gasteiger partial charge in [0.15, 0.2) is 5.82 Å². The second-order valence-corrected chi connectivity index (χ2v) is 5.22. The van der Waals surface area contributed by atoms with Gasteiger partial charge in [-0.3, -0.25) is 5.10 Å². The third-order valence-electron chi connectivity index (χ3n) is 2.77. The first-order chi connectivity index (χ1) is 7.93. The average Bonchev–Trinajstić information content (AvgIpc) is 3.01. The number of benzene rings is 1. The predicted octanol–water partition coefficient (Wildman–Crippen LogP) is 3.04. The molecule has 1 aliphatic rings. The Morgan fingerprint density at radius 2 is 2.12 bits per heavy atom. The number of nitrogens with zero attached hydrogens (tertiary/aromatic N) is 2. The van der Waals surface area contributed by atoms with Crippen LogP contribution in [0.2, 0.25) is 0 Å². The Labute approximate surface area is 98.7 Å². The zero-order chi connectivity index (χ0) is 10.8. The van der Waals surface area contributed by atoms with Gasteiger partial charge in [-0.05, 0) is 18.6 Å². The Hall–Kier alpha value is -1.29. The molecule has 0 saturated carbocycles. The second-order valence-electron chi connectivity index (χ2n) is 3.91. The SMILES string of the molecule is c1ccc(-c2n[nH]c(C3CCCS3)n2)cc1. The van der Waals surface area contributed by atoms with Crippen molar-refractivity contribution in [2.75, 3.05) is 5.75 Å². The topological polar surface area (TPSA) is 41.6 Å². The minimum absolute atomic E-state index is 0.518. The van der Waals surface area contributed by atoms with Crippen LogP contribution < -0.4 is 0 Å². The first kappa shape index (κ1) is 9.90. The van der Waals surface area contributed by atoms with Crippen molar-refractivity contribution in [1.82, 2.24) is 15.2 Å². The fraction of sp³-hybridized carbons (Fsp3) is 0.333. The van der Waals surface area contributed by atoms with Gasteiger partial charge in [0, 0.05) is 5.56 Å². The van der Waals surface area contributed by atoms with E-state index in [1.165, 1.54) is 18.6 Å². The van der Waals surface area contributed by atoms with E-state index >= 15 is 0 Å². The molecule has 1 unspecified atom stereocenters. The van der Waals surface area contributed by atoms with Crippen LogP contribution >= 0.6 is 11.8 Å². The number of nitrogens with one attached hydrogen (secondary N) is 1. The Kier molecular flexibility index (Phi) is 2.66. The molecule has 1 saturated heterocycles. The molecule has 0 bridgehead atoms. The zero-order valence-electron chi connectivity index (χ0n) is 8.89. The summed E-state index contributed by atoms with van der Waals surface area (Å²) in [4.78, 5) is 4.58. The molecule has 82 valence electrons. The van der Waals surface area contributed by atoms with Gasteiger partial charge in [-0.25, -0.2) is 4.98 Å². The lowest BCUT2D eigenvalue weighted by molar-refractivity contribution is 0.781. The Morgan fingerprint density at radius 3 is 2.88 bits per heavy atom. The van der Waals surface area contributed by atoms with E-state index in [0.29, 0.717) is 5.25 Å². The minimum Gasteiger partial charge on any atom is -0.262 e. The first-order valence-electron chi connectivity index (χ1n) is 5.53. The van der Waals surface area contributed by atoms with E-state index in [1.807, 2.05) is 42.1 Å². The van der Waals surface area contributed by atoms with Crippen molar-refractivity contribution in [2.24, 2.45) is 0 Å². The molecule has 0 amide bonds. The molecule has 1 N–H and O–H groups in total. The van der Waals surface area contributed by atoms with Gasteiger partial charge in [0.05, 0.1) is 5.25 Å². The smallest absolute Gasteiger partial charge is 0.181 e. The van der Waals surface area contributed by atoms with Gasteiger partial charge in [0.1, 0.15) is 5.82 Å². The molecule has 1 aromatic carbocycles. The van der Waals surface area contributed by atoms with Crippen molar-refractivity contribution in [3.63, 3.8) is 0 Å². The van der Waals surface area contributed by atoms with Gasteiger partial charge in [-0.1, -0.05) is 30.3 Å². The Morgan fingerprint density at radius 1 is 1.25 bits per heavy atom. The summed E-state index contributed by atoms with van der Waals surface area (Å²) >= 11 is 1.97. The summed E-state index contributed by atoms with van der Waals surface area (Å²) in [6, 6.07) is 10.1. The molecule has 0 radical (unpaired) electrons. The molecule has 0 spiro atoms. The van der Waals surface area contributed by atoms with Crippen LogP contribution in [0.1, 0.15) is 23.9 Å². The van der Waals surface area contributed by atoms with Gasteiger partial charge in [0.2, 0.25) is 0 Å². The molecule has 0 aliphatic carbocycles. The minimum atomic E-state index is 0.518. The van der Waals surface area contributed by atoms with E-state index in [1.54, 1.807) is 0 Å². The molecule has 16 heavy (non-hydrogen) atoms. The fourth-order valence-corrected chi connectivity index (χ4v) is 3.14. The van der Waals surface area contributed by atoms with Crippen LogP contribution in [0, 0.1) is 0 Å². The number of aromatic amines is 1. The van der Waals surface area contributed by atoms with Crippen LogP contribution in [0.15, 0.2) is 30.3 Å². The molecule has 1 atom stereocenters. The zero-order valence-corrected chi connectivity index (χ0v) is 9.70. The summed E-state index contributed by atoms with van der Waals surface area (Å²) in [6.45, 7) is 0. The quantitative estimate of drug-likeness (QED) is 0.863. The Balaban J connectivity index is 1.87. The van der Waals surface area contributed by atoms with E-state index in [2.05, 4.69) is 15.2 Å². The molecule has 1 aromatic heterocycles. The summed E-state index contributed by atoms with van der Waals surface area (Å²) < 4.78 is 0. The van der Waals surface area contributed by atoms with E-state index in [-0.39, 0.29) is 0 Å². The van der Waals surface area contributed by atoms with Crippen LogP contribution in [0.5, 0.6) is 0 Å². The monoisotopic (exact) mass is 231 g/mol. The van der Waals surface area contributed by atoms with Crippen LogP contribution in [-0.2, 0) is 0 Å². The lowest BCUT2D eigenvalue weighted by Gasteiger charge is -2.01. The number of thioether (sulfide) groups is 1. The van der Waals surface area contributed by atoms with Crippen molar-refractivity contribution in [3.8, 4) is 11.4 Å². The number of aromatic nitrogens is 3. The van der Waals surface area contributed by atoms with Gasteiger partial charge < -0.3 is 0 Å². The first-order valence-corrected chi connectivity index (χ1v) is 6.58. The number of rotatable bonds is 2. The lowest BCUT2D eigenvalue weighted by atomic mass is 10.2. The van der Waals surface area contributed by atoms with Crippen LogP contribution in [0.25, 0.3) is 11.4 Å². The summed E-state index contributed by atoms with van der Waals surface area (Å²) in [7, 11) is 0. The lowest BCUT2D eigenvalue weighted by Crippen LogP contribution is -1.91. The van der Waals surface area contributed by atoms with Crippen LogP contribution in [0.4, 0.5) is 0 Å². The summed E-state index contributed by atoms with van der Waals surface area (Å²) in [6.07, 6.45) is 2.50. The van der Waals surface area contributed by atoms with Gasteiger partial charge in [-0.2, -0.15) is 16.9 Å². The molecule has 3 nitrogen and oxygen atoms in total. The van der Waals surface area contributed by atoms with E-state index in [9.17, 15) is 0 Å². The molecule has 4 heteroatoms. The maximum atomic E-state index is 4.58. The van der Waals surface area contributed by atoms with Crippen LogP contribution in [-0.4, -0.2) is 20.9 Å². The van der Waals surface area contributed by atoms with Gasteiger partial charge in [-0.15, -0.1) is 0 Å². The highest BCUT2D eigenvalue weighted by Crippen LogP contribution is 2.38. The fourth-order valence-electron chi connectivity index (χ4n) is 1.93. The molecule has 1 aliphatic heterocycles. The van der Waals surface area contributed by atoms with Crippen LogP contribution in [0.3, 0.4) is 0 Å². The molecule has 1 fully saturated rings.